The van der Waals surface area contributed by atoms with Crippen molar-refractivity contribution in [1.29, 1.82) is 0 Å². The molecule has 2 N–H and O–H groups in total. The summed E-state index contributed by atoms with van der Waals surface area (Å²) in [5, 5.41) is 5.92. The Bertz CT molecular complexity index is 567. The van der Waals surface area contributed by atoms with Crippen LogP contribution in [0.1, 0.15) is 15.9 Å². The summed E-state index contributed by atoms with van der Waals surface area (Å²) in [6.45, 7) is 0.524. The van der Waals surface area contributed by atoms with Crippen LogP contribution in [0.5, 0.6) is 0 Å². The number of carbonyl (C=O) groups excluding carboxylic acids is 1. The van der Waals surface area contributed by atoms with Gasteiger partial charge in [0.15, 0.2) is 0 Å². The van der Waals surface area contributed by atoms with Crippen LogP contribution in [0.3, 0.4) is 0 Å². The number of anilines is 1. The molecule has 0 unspecified atom stereocenters. The van der Waals surface area contributed by atoms with E-state index >= 15 is 0 Å². The van der Waals surface area contributed by atoms with Gasteiger partial charge in [0.05, 0.1) is 0 Å². The molecule has 0 spiro atoms. The minimum Gasteiger partial charge on any atom is -0.388 e. The number of benzene rings is 2. The lowest BCUT2D eigenvalue weighted by molar-refractivity contribution is 0.0951. The first-order valence-corrected chi connectivity index (χ1v) is 6.79. The molecule has 98 valence electrons. The van der Waals surface area contributed by atoms with Gasteiger partial charge in [0.2, 0.25) is 0 Å². The fraction of sp³-hybridized carbons (Fsp3) is 0.133. The van der Waals surface area contributed by atoms with E-state index in [-0.39, 0.29) is 5.91 Å². The number of halogens is 1. The van der Waals surface area contributed by atoms with Crippen molar-refractivity contribution in [2.24, 2.45) is 0 Å². The molecule has 0 bridgehead atoms. The van der Waals surface area contributed by atoms with Crippen LogP contribution in [-0.2, 0) is 6.54 Å². The molecule has 2 aromatic rings. The molecule has 0 aliphatic carbocycles. The summed E-state index contributed by atoms with van der Waals surface area (Å²) in [6.07, 6.45) is 0. The largest absolute Gasteiger partial charge is 0.388 e. The van der Waals surface area contributed by atoms with Crippen molar-refractivity contribution in [2.75, 3.05) is 12.4 Å². The normalized spacial score (nSPS) is 10.0. The Hall–Kier alpha value is -1.81. The van der Waals surface area contributed by atoms with Gasteiger partial charge in [-0.05, 0) is 35.9 Å². The fourth-order valence-corrected chi connectivity index (χ4v) is 1.97. The second-order valence-electron chi connectivity index (χ2n) is 4.14. The van der Waals surface area contributed by atoms with Gasteiger partial charge in [0.1, 0.15) is 0 Å². The first-order chi connectivity index (χ1) is 9.19. The highest BCUT2D eigenvalue weighted by Gasteiger charge is 2.05. The van der Waals surface area contributed by atoms with E-state index in [4.69, 9.17) is 0 Å². The molecule has 0 aliphatic rings. The molecule has 0 saturated heterocycles. The Balaban J connectivity index is 1.99. The van der Waals surface area contributed by atoms with E-state index in [2.05, 4.69) is 26.6 Å². The SMILES string of the molecule is CNc1cccc(C(=O)NCc2ccc(Br)cc2)c1. The monoisotopic (exact) mass is 318 g/mol. The molecule has 1 amide bonds. The quantitative estimate of drug-likeness (QED) is 0.907. The Morgan fingerprint density at radius 1 is 1.16 bits per heavy atom. The molecular formula is C15H15BrN2O. The molecule has 0 aliphatic heterocycles. The zero-order chi connectivity index (χ0) is 13.7. The molecule has 0 atom stereocenters. The smallest absolute Gasteiger partial charge is 0.251 e. The van der Waals surface area contributed by atoms with Gasteiger partial charge in [0.25, 0.3) is 5.91 Å². The van der Waals surface area contributed by atoms with Gasteiger partial charge in [-0.1, -0.05) is 34.1 Å². The highest BCUT2D eigenvalue weighted by Crippen LogP contribution is 2.12. The van der Waals surface area contributed by atoms with E-state index in [1.54, 1.807) is 6.07 Å². The van der Waals surface area contributed by atoms with E-state index in [1.807, 2.05) is 49.5 Å². The van der Waals surface area contributed by atoms with Gasteiger partial charge >= 0.3 is 0 Å². The van der Waals surface area contributed by atoms with Crippen molar-refractivity contribution in [3.8, 4) is 0 Å². The summed E-state index contributed by atoms with van der Waals surface area (Å²) < 4.78 is 1.03. The molecule has 3 nitrogen and oxygen atoms in total. The third kappa shape index (κ3) is 3.83. The maximum absolute atomic E-state index is 12.0. The highest BCUT2D eigenvalue weighted by atomic mass is 79.9. The first kappa shape index (κ1) is 13.6. The van der Waals surface area contributed by atoms with Crippen molar-refractivity contribution in [1.82, 2.24) is 5.32 Å². The van der Waals surface area contributed by atoms with Gasteiger partial charge in [-0.3, -0.25) is 4.79 Å². The average molecular weight is 319 g/mol. The maximum Gasteiger partial charge on any atom is 0.251 e. The van der Waals surface area contributed by atoms with E-state index in [9.17, 15) is 4.79 Å². The Morgan fingerprint density at radius 2 is 1.89 bits per heavy atom. The topological polar surface area (TPSA) is 41.1 Å². The summed E-state index contributed by atoms with van der Waals surface area (Å²) in [5.41, 5.74) is 2.65. The average Bonchev–Trinajstić information content (AvgIpc) is 2.46. The number of amides is 1. The predicted octanol–water partition coefficient (Wildman–Crippen LogP) is 3.42. The standard InChI is InChI=1S/C15H15BrN2O/c1-17-14-4-2-3-12(9-14)15(19)18-10-11-5-7-13(16)8-6-11/h2-9,17H,10H2,1H3,(H,18,19). The molecular weight excluding hydrogens is 304 g/mol. The van der Waals surface area contributed by atoms with Crippen LogP contribution in [0.4, 0.5) is 5.69 Å². The van der Waals surface area contributed by atoms with Crippen LogP contribution in [0, 0.1) is 0 Å². The number of hydrogen-bond acceptors (Lipinski definition) is 2. The molecule has 4 heteroatoms. The number of carbonyl (C=O) groups is 1. The highest BCUT2D eigenvalue weighted by molar-refractivity contribution is 9.10. The van der Waals surface area contributed by atoms with E-state index in [0.717, 1.165) is 15.7 Å². The molecule has 0 aromatic heterocycles. The third-order valence-corrected chi connectivity index (χ3v) is 3.31. The van der Waals surface area contributed by atoms with Crippen molar-refractivity contribution in [3.63, 3.8) is 0 Å². The third-order valence-electron chi connectivity index (χ3n) is 2.78. The van der Waals surface area contributed by atoms with Gasteiger partial charge in [-0.2, -0.15) is 0 Å². The van der Waals surface area contributed by atoms with Crippen LogP contribution < -0.4 is 10.6 Å². The Kier molecular flexibility index (Phi) is 4.58. The summed E-state index contributed by atoms with van der Waals surface area (Å²) >= 11 is 3.38. The lowest BCUT2D eigenvalue weighted by Crippen LogP contribution is -2.22. The minimum absolute atomic E-state index is 0.0694. The second kappa shape index (κ2) is 6.38. The molecule has 19 heavy (non-hydrogen) atoms. The molecule has 0 fully saturated rings. The predicted molar refractivity (Wildman–Crippen MR) is 81.3 cm³/mol. The molecule has 2 rings (SSSR count). The van der Waals surface area contributed by atoms with Crippen molar-refractivity contribution < 1.29 is 4.79 Å². The summed E-state index contributed by atoms with van der Waals surface area (Å²) in [6, 6.07) is 15.3. The first-order valence-electron chi connectivity index (χ1n) is 5.99. The number of nitrogens with one attached hydrogen (secondary N) is 2. The fourth-order valence-electron chi connectivity index (χ4n) is 1.70. The Labute approximate surface area is 121 Å². The van der Waals surface area contributed by atoms with Gasteiger partial charge in [-0.15, -0.1) is 0 Å². The number of hydrogen-bond donors (Lipinski definition) is 2. The lowest BCUT2D eigenvalue weighted by Gasteiger charge is -2.07. The van der Waals surface area contributed by atoms with Crippen LogP contribution in [-0.4, -0.2) is 13.0 Å². The zero-order valence-electron chi connectivity index (χ0n) is 10.6. The number of rotatable bonds is 4. The van der Waals surface area contributed by atoms with Crippen molar-refractivity contribution >= 4 is 27.5 Å². The Morgan fingerprint density at radius 3 is 2.58 bits per heavy atom. The van der Waals surface area contributed by atoms with E-state index < -0.39 is 0 Å². The molecule has 0 heterocycles. The van der Waals surface area contributed by atoms with Crippen LogP contribution in [0.2, 0.25) is 0 Å². The van der Waals surface area contributed by atoms with Gasteiger partial charge in [0, 0.05) is 29.3 Å². The van der Waals surface area contributed by atoms with Crippen LogP contribution in [0.25, 0.3) is 0 Å². The van der Waals surface area contributed by atoms with Crippen LogP contribution in [0.15, 0.2) is 53.0 Å². The van der Waals surface area contributed by atoms with E-state index in [0.29, 0.717) is 12.1 Å². The van der Waals surface area contributed by atoms with Crippen molar-refractivity contribution in [2.45, 2.75) is 6.54 Å². The molecule has 0 saturated carbocycles. The zero-order valence-corrected chi connectivity index (χ0v) is 12.2. The molecule has 0 radical (unpaired) electrons. The second-order valence-corrected chi connectivity index (χ2v) is 5.06. The summed E-state index contributed by atoms with van der Waals surface area (Å²) in [7, 11) is 1.83. The van der Waals surface area contributed by atoms with Crippen LogP contribution >= 0.6 is 15.9 Å². The maximum atomic E-state index is 12.0. The minimum atomic E-state index is -0.0694. The van der Waals surface area contributed by atoms with E-state index in [1.165, 1.54) is 0 Å². The van der Waals surface area contributed by atoms with Gasteiger partial charge < -0.3 is 10.6 Å². The summed E-state index contributed by atoms with van der Waals surface area (Å²) in [5.74, 6) is -0.0694. The molecule has 2 aromatic carbocycles. The summed E-state index contributed by atoms with van der Waals surface area (Å²) in [4.78, 5) is 12.0. The van der Waals surface area contributed by atoms with Crippen molar-refractivity contribution in [3.05, 3.63) is 64.1 Å². The lowest BCUT2D eigenvalue weighted by atomic mass is 10.1. The van der Waals surface area contributed by atoms with Gasteiger partial charge in [-0.25, -0.2) is 0 Å².